The number of hydrogen-bond acceptors (Lipinski definition) is 4. The molecule has 1 saturated heterocycles. The summed E-state index contributed by atoms with van der Waals surface area (Å²) in [4.78, 5) is 14.5. The van der Waals surface area contributed by atoms with Gasteiger partial charge in [-0.1, -0.05) is 18.2 Å². The third kappa shape index (κ3) is 4.86. The predicted octanol–water partition coefficient (Wildman–Crippen LogP) is 3.68. The Labute approximate surface area is 151 Å². The van der Waals surface area contributed by atoms with Crippen LogP contribution in [0.2, 0.25) is 0 Å². The van der Waals surface area contributed by atoms with Gasteiger partial charge in [-0.15, -0.1) is 0 Å². The fourth-order valence-electron chi connectivity index (χ4n) is 3.16. The Kier molecular flexibility index (Phi) is 6.15. The first kappa shape index (κ1) is 18.0. The van der Waals surface area contributed by atoms with Crippen LogP contribution < -0.4 is 5.32 Å². The SMILES string of the molecule is CSCc1ccc(C(=O)N[C@H]2CCCN(Cc3ccccc3F)C2)o1. The molecule has 1 atom stereocenters. The number of piperidine rings is 1. The van der Waals surface area contributed by atoms with Gasteiger partial charge in [0.05, 0.1) is 5.75 Å². The Balaban J connectivity index is 1.55. The third-order valence-electron chi connectivity index (χ3n) is 4.36. The molecule has 1 aromatic heterocycles. The summed E-state index contributed by atoms with van der Waals surface area (Å²) >= 11 is 1.65. The van der Waals surface area contributed by atoms with E-state index in [4.69, 9.17) is 4.42 Å². The molecule has 1 amide bonds. The number of nitrogens with zero attached hydrogens (tertiary/aromatic N) is 1. The number of thioether (sulfide) groups is 1. The van der Waals surface area contributed by atoms with Crippen LogP contribution >= 0.6 is 11.8 Å². The van der Waals surface area contributed by atoms with Gasteiger partial charge >= 0.3 is 0 Å². The van der Waals surface area contributed by atoms with E-state index in [-0.39, 0.29) is 17.8 Å². The highest BCUT2D eigenvalue weighted by molar-refractivity contribution is 7.97. The van der Waals surface area contributed by atoms with E-state index >= 15 is 0 Å². The van der Waals surface area contributed by atoms with E-state index in [1.807, 2.05) is 24.5 Å². The molecule has 1 aliphatic rings. The Morgan fingerprint density at radius 2 is 2.20 bits per heavy atom. The average Bonchev–Trinajstić information content (AvgIpc) is 3.07. The van der Waals surface area contributed by atoms with Crippen LogP contribution in [0.25, 0.3) is 0 Å². The molecule has 0 spiro atoms. The summed E-state index contributed by atoms with van der Waals surface area (Å²) in [5.41, 5.74) is 0.696. The highest BCUT2D eigenvalue weighted by Crippen LogP contribution is 2.17. The monoisotopic (exact) mass is 362 g/mol. The van der Waals surface area contributed by atoms with E-state index in [0.29, 0.717) is 17.9 Å². The summed E-state index contributed by atoms with van der Waals surface area (Å²) in [6, 6.07) is 10.5. The number of benzene rings is 1. The molecule has 2 heterocycles. The molecule has 1 fully saturated rings. The molecule has 0 bridgehead atoms. The van der Waals surface area contributed by atoms with Crippen LogP contribution in [0.3, 0.4) is 0 Å². The number of nitrogens with one attached hydrogen (secondary N) is 1. The molecule has 1 aliphatic heterocycles. The smallest absolute Gasteiger partial charge is 0.287 e. The number of hydrogen-bond donors (Lipinski definition) is 1. The maximum atomic E-state index is 13.8. The van der Waals surface area contributed by atoms with Crippen LogP contribution in [0.15, 0.2) is 40.8 Å². The first-order valence-corrected chi connectivity index (χ1v) is 9.89. The molecule has 4 nitrogen and oxygen atoms in total. The number of carbonyl (C=O) groups is 1. The Morgan fingerprint density at radius 3 is 3.00 bits per heavy atom. The molecule has 3 rings (SSSR count). The van der Waals surface area contributed by atoms with Crippen LogP contribution in [-0.2, 0) is 12.3 Å². The second kappa shape index (κ2) is 8.54. The Morgan fingerprint density at radius 1 is 1.36 bits per heavy atom. The van der Waals surface area contributed by atoms with Gasteiger partial charge in [0.2, 0.25) is 0 Å². The molecule has 1 N–H and O–H groups in total. The lowest BCUT2D eigenvalue weighted by Crippen LogP contribution is -2.47. The van der Waals surface area contributed by atoms with E-state index < -0.39 is 0 Å². The fraction of sp³-hybridized carbons (Fsp3) is 0.421. The molecule has 25 heavy (non-hydrogen) atoms. The van der Waals surface area contributed by atoms with Crippen molar-refractivity contribution in [2.45, 2.75) is 31.2 Å². The lowest BCUT2D eigenvalue weighted by molar-refractivity contribution is 0.0871. The van der Waals surface area contributed by atoms with Crippen molar-refractivity contribution in [1.82, 2.24) is 10.2 Å². The summed E-state index contributed by atoms with van der Waals surface area (Å²) in [6.45, 7) is 2.20. The van der Waals surface area contributed by atoms with E-state index in [1.165, 1.54) is 6.07 Å². The fourth-order valence-corrected chi connectivity index (χ4v) is 3.60. The van der Waals surface area contributed by atoms with Gasteiger partial charge in [0, 0.05) is 24.7 Å². The van der Waals surface area contributed by atoms with Crippen LogP contribution in [-0.4, -0.2) is 36.2 Å². The van der Waals surface area contributed by atoms with Gasteiger partial charge in [0.1, 0.15) is 11.6 Å². The minimum atomic E-state index is -0.176. The van der Waals surface area contributed by atoms with Gasteiger partial charge in [-0.3, -0.25) is 9.69 Å². The number of halogens is 1. The van der Waals surface area contributed by atoms with Gasteiger partial charge < -0.3 is 9.73 Å². The first-order chi connectivity index (χ1) is 12.2. The number of likely N-dealkylation sites (tertiary alicyclic amines) is 1. The number of amides is 1. The predicted molar refractivity (Wildman–Crippen MR) is 98.1 cm³/mol. The molecule has 0 saturated carbocycles. The maximum absolute atomic E-state index is 13.8. The molecule has 134 valence electrons. The number of rotatable bonds is 6. The van der Waals surface area contributed by atoms with E-state index in [0.717, 1.165) is 37.4 Å². The summed E-state index contributed by atoms with van der Waals surface area (Å²) in [5.74, 6) is 1.57. The van der Waals surface area contributed by atoms with E-state index in [9.17, 15) is 9.18 Å². The molecule has 0 aliphatic carbocycles. The minimum absolute atomic E-state index is 0.0575. The van der Waals surface area contributed by atoms with Crippen LogP contribution in [0.5, 0.6) is 0 Å². The summed E-state index contributed by atoms with van der Waals surface area (Å²) in [6.07, 6.45) is 3.90. The van der Waals surface area contributed by atoms with Crippen LogP contribution in [0.4, 0.5) is 4.39 Å². The van der Waals surface area contributed by atoms with E-state index in [2.05, 4.69) is 10.2 Å². The van der Waals surface area contributed by atoms with Crippen molar-refractivity contribution < 1.29 is 13.6 Å². The second-order valence-corrected chi connectivity index (χ2v) is 7.20. The number of carbonyl (C=O) groups excluding carboxylic acids is 1. The molecule has 0 radical (unpaired) electrons. The lowest BCUT2D eigenvalue weighted by Gasteiger charge is -2.33. The van der Waals surface area contributed by atoms with Crippen molar-refractivity contribution in [3.8, 4) is 0 Å². The highest BCUT2D eigenvalue weighted by atomic mass is 32.2. The summed E-state index contributed by atoms with van der Waals surface area (Å²) in [5, 5.41) is 3.05. The van der Waals surface area contributed by atoms with Crippen molar-refractivity contribution in [3.63, 3.8) is 0 Å². The molecule has 0 unspecified atom stereocenters. The van der Waals surface area contributed by atoms with Gasteiger partial charge in [0.25, 0.3) is 5.91 Å². The second-order valence-electron chi connectivity index (χ2n) is 6.34. The van der Waals surface area contributed by atoms with Crippen molar-refractivity contribution in [3.05, 3.63) is 59.3 Å². The summed E-state index contributed by atoms with van der Waals surface area (Å²) in [7, 11) is 0. The minimum Gasteiger partial charge on any atom is -0.455 e. The third-order valence-corrected chi connectivity index (χ3v) is 4.94. The zero-order chi connectivity index (χ0) is 17.6. The molecule has 1 aromatic carbocycles. The molecule has 2 aromatic rings. The van der Waals surface area contributed by atoms with Gasteiger partial charge in [-0.25, -0.2) is 4.39 Å². The zero-order valence-electron chi connectivity index (χ0n) is 14.3. The Hall–Kier alpha value is -1.79. The molecular formula is C19H23FN2O2S. The first-order valence-electron chi connectivity index (χ1n) is 8.50. The largest absolute Gasteiger partial charge is 0.455 e. The normalized spacial score (nSPS) is 18.2. The van der Waals surface area contributed by atoms with E-state index in [1.54, 1.807) is 23.9 Å². The molecular weight excluding hydrogens is 339 g/mol. The lowest BCUT2D eigenvalue weighted by atomic mass is 10.0. The average molecular weight is 362 g/mol. The van der Waals surface area contributed by atoms with Crippen molar-refractivity contribution >= 4 is 17.7 Å². The van der Waals surface area contributed by atoms with Gasteiger partial charge in [0.15, 0.2) is 5.76 Å². The van der Waals surface area contributed by atoms with Crippen LogP contribution in [0.1, 0.15) is 34.7 Å². The summed E-state index contributed by atoms with van der Waals surface area (Å²) < 4.78 is 19.4. The Bertz CT molecular complexity index is 719. The van der Waals surface area contributed by atoms with Crippen molar-refractivity contribution in [2.75, 3.05) is 19.3 Å². The van der Waals surface area contributed by atoms with Crippen molar-refractivity contribution in [2.24, 2.45) is 0 Å². The van der Waals surface area contributed by atoms with Gasteiger partial charge in [-0.05, 0) is 43.8 Å². The van der Waals surface area contributed by atoms with Crippen molar-refractivity contribution in [1.29, 1.82) is 0 Å². The quantitative estimate of drug-likeness (QED) is 0.852. The topological polar surface area (TPSA) is 45.5 Å². The molecule has 6 heteroatoms. The standard InChI is InChI=1S/C19H23FN2O2S/c1-25-13-16-8-9-18(24-16)19(23)21-15-6-4-10-22(12-15)11-14-5-2-3-7-17(14)20/h2-3,5,7-9,15H,4,6,10-13H2,1H3,(H,21,23)/t15-/m0/s1. The maximum Gasteiger partial charge on any atom is 0.287 e. The van der Waals surface area contributed by atoms with Crippen LogP contribution in [0, 0.1) is 5.82 Å². The highest BCUT2D eigenvalue weighted by Gasteiger charge is 2.23. The zero-order valence-corrected chi connectivity index (χ0v) is 15.2. The number of furan rings is 1. The van der Waals surface area contributed by atoms with Gasteiger partial charge in [-0.2, -0.15) is 11.8 Å².